The molecule has 35 heavy (non-hydrogen) atoms. The first-order chi connectivity index (χ1) is 17.1. The van der Waals surface area contributed by atoms with Gasteiger partial charge in [0.15, 0.2) is 0 Å². The molecule has 0 radical (unpaired) electrons. The molecule has 0 spiro atoms. The average molecular weight is 476 g/mol. The van der Waals surface area contributed by atoms with Gasteiger partial charge in [0.1, 0.15) is 23.7 Å². The highest BCUT2D eigenvalue weighted by Crippen LogP contribution is 2.27. The van der Waals surface area contributed by atoms with Gasteiger partial charge in [-0.25, -0.2) is 0 Å². The lowest BCUT2D eigenvalue weighted by molar-refractivity contribution is -0.00394. The summed E-state index contributed by atoms with van der Waals surface area (Å²) in [6, 6.07) is 16.7. The zero-order valence-corrected chi connectivity index (χ0v) is 20.5. The van der Waals surface area contributed by atoms with Gasteiger partial charge < -0.3 is 18.9 Å². The van der Waals surface area contributed by atoms with Crippen LogP contribution >= 0.6 is 0 Å². The number of aromatic nitrogens is 1. The number of amides is 1. The second-order valence-corrected chi connectivity index (χ2v) is 9.49. The Bertz CT molecular complexity index is 1130. The van der Waals surface area contributed by atoms with Crippen LogP contribution in [0.4, 0.5) is 0 Å². The molecule has 0 aliphatic carbocycles. The Morgan fingerprint density at radius 2 is 1.86 bits per heavy atom. The number of piperidine rings is 1. The normalized spacial score (nSPS) is 17.0. The SMILES string of the molecule is Cc1noc(C)c1C(=O)N1CCOc2ccc(CN3CCC(OCc4ccccc4)CC3)cc2C1. The van der Waals surface area contributed by atoms with Crippen LogP contribution in [0.2, 0.25) is 0 Å². The molecule has 1 saturated heterocycles. The molecule has 7 nitrogen and oxygen atoms in total. The molecule has 3 aromatic rings. The summed E-state index contributed by atoms with van der Waals surface area (Å²) >= 11 is 0. The van der Waals surface area contributed by atoms with Gasteiger partial charge in [0.05, 0.1) is 24.9 Å². The molecule has 2 aliphatic rings. The third-order valence-corrected chi connectivity index (χ3v) is 6.91. The molecule has 2 aromatic carbocycles. The number of ether oxygens (including phenoxy) is 2. The Balaban J connectivity index is 1.18. The molecule has 0 saturated carbocycles. The fourth-order valence-electron chi connectivity index (χ4n) is 4.95. The van der Waals surface area contributed by atoms with E-state index in [4.69, 9.17) is 14.0 Å². The molecule has 3 heterocycles. The van der Waals surface area contributed by atoms with Crippen molar-refractivity contribution >= 4 is 5.91 Å². The highest BCUT2D eigenvalue weighted by molar-refractivity contribution is 5.96. The van der Waals surface area contributed by atoms with Gasteiger partial charge in [0, 0.05) is 31.7 Å². The van der Waals surface area contributed by atoms with Crippen molar-refractivity contribution in [2.24, 2.45) is 0 Å². The van der Waals surface area contributed by atoms with Crippen molar-refractivity contribution in [1.29, 1.82) is 0 Å². The molecular formula is C28H33N3O4. The van der Waals surface area contributed by atoms with E-state index in [0.29, 0.717) is 49.4 Å². The number of carbonyl (C=O) groups excluding carboxylic acids is 1. The maximum atomic E-state index is 13.2. The van der Waals surface area contributed by atoms with Crippen molar-refractivity contribution in [2.45, 2.75) is 52.5 Å². The van der Waals surface area contributed by atoms with Crippen LogP contribution in [0.1, 0.15) is 51.3 Å². The number of hydrogen-bond donors (Lipinski definition) is 0. The van der Waals surface area contributed by atoms with Crippen molar-refractivity contribution in [3.63, 3.8) is 0 Å². The van der Waals surface area contributed by atoms with Crippen LogP contribution in [-0.2, 0) is 24.4 Å². The predicted molar refractivity (Wildman–Crippen MR) is 132 cm³/mol. The van der Waals surface area contributed by atoms with Crippen LogP contribution in [0.25, 0.3) is 0 Å². The predicted octanol–water partition coefficient (Wildman–Crippen LogP) is 4.51. The fourth-order valence-corrected chi connectivity index (χ4v) is 4.95. The number of rotatable bonds is 6. The van der Waals surface area contributed by atoms with Gasteiger partial charge in [-0.15, -0.1) is 0 Å². The van der Waals surface area contributed by atoms with Gasteiger partial charge in [-0.1, -0.05) is 41.6 Å². The second-order valence-electron chi connectivity index (χ2n) is 9.49. The summed E-state index contributed by atoms with van der Waals surface area (Å²) in [5.74, 6) is 1.36. The summed E-state index contributed by atoms with van der Waals surface area (Å²) in [7, 11) is 0. The molecule has 5 rings (SSSR count). The number of hydrogen-bond acceptors (Lipinski definition) is 6. The lowest BCUT2D eigenvalue weighted by Gasteiger charge is -2.32. The van der Waals surface area contributed by atoms with Crippen LogP contribution in [0, 0.1) is 13.8 Å². The molecule has 2 aliphatic heterocycles. The van der Waals surface area contributed by atoms with Crippen LogP contribution in [-0.4, -0.2) is 53.2 Å². The topological polar surface area (TPSA) is 68.0 Å². The zero-order valence-electron chi connectivity index (χ0n) is 20.5. The van der Waals surface area contributed by atoms with Gasteiger partial charge in [-0.2, -0.15) is 0 Å². The summed E-state index contributed by atoms with van der Waals surface area (Å²) < 4.78 is 17.3. The number of benzene rings is 2. The average Bonchev–Trinajstić information content (AvgIpc) is 3.08. The standard InChI is InChI=1S/C28H33N3O4/c1-20-27(21(2)35-29-20)28(32)31-14-15-33-26-9-8-23(16-24(26)18-31)17-30-12-10-25(11-13-30)34-19-22-6-4-3-5-7-22/h3-9,16,25H,10-15,17-19H2,1-2H3. The molecule has 0 unspecified atom stereocenters. The van der Waals surface area contributed by atoms with Crippen LogP contribution in [0.3, 0.4) is 0 Å². The Hall–Kier alpha value is -3.16. The minimum atomic E-state index is -0.0549. The van der Waals surface area contributed by atoms with E-state index in [1.165, 1.54) is 11.1 Å². The molecule has 1 amide bonds. The number of aryl methyl sites for hydroxylation is 2. The largest absolute Gasteiger partial charge is 0.491 e. The Kier molecular flexibility index (Phi) is 7.16. The molecule has 0 bridgehead atoms. The van der Waals surface area contributed by atoms with Crippen LogP contribution in [0.5, 0.6) is 5.75 Å². The van der Waals surface area contributed by atoms with E-state index in [0.717, 1.165) is 43.8 Å². The second kappa shape index (κ2) is 10.6. The van der Waals surface area contributed by atoms with E-state index >= 15 is 0 Å². The molecule has 184 valence electrons. The number of carbonyl (C=O) groups is 1. The minimum Gasteiger partial charge on any atom is -0.491 e. The van der Waals surface area contributed by atoms with E-state index in [2.05, 4.69) is 46.5 Å². The Morgan fingerprint density at radius 3 is 2.60 bits per heavy atom. The third-order valence-electron chi connectivity index (χ3n) is 6.91. The molecule has 0 atom stereocenters. The Labute approximate surface area is 206 Å². The number of nitrogens with zero attached hydrogens (tertiary/aromatic N) is 3. The highest BCUT2D eigenvalue weighted by Gasteiger charge is 2.26. The van der Waals surface area contributed by atoms with E-state index in [1.807, 2.05) is 17.0 Å². The van der Waals surface area contributed by atoms with E-state index in [9.17, 15) is 4.79 Å². The first-order valence-electron chi connectivity index (χ1n) is 12.4. The summed E-state index contributed by atoms with van der Waals surface area (Å²) in [6.45, 7) is 8.70. The summed E-state index contributed by atoms with van der Waals surface area (Å²) in [5.41, 5.74) is 4.69. The Morgan fingerprint density at radius 1 is 1.06 bits per heavy atom. The lowest BCUT2D eigenvalue weighted by atomic mass is 10.0. The molecule has 0 N–H and O–H groups in total. The van der Waals surface area contributed by atoms with Gasteiger partial charge in [-0.05, 0) is 49.9 Å². The lowest BCUT2D eigenvalue weighted by Crippen LogP contribution is -2.36. The fraction of sp³-hybridized carbons (Fsp3) is 0.429. The number of fused-ring (bicyclic) bond motifs is 1. The maximum Gasteiger partial charge on any atom is 0.259 e. The van der Waals surface area contributed by atoms with Crippen molar-refractivity contribution in [3.8, 4) is 5.75 Å². The minimum absolute atomic E-state index is 0.0549. The van der Waals surface area contributed by atoms with Gasteiger partial charge in [-0.3, -0.25) is 9.69 Å². The first-order valence-corrected chi connectivity index (χ1v) is 12.4. The van der Waals surface area contributed by atoms with Gasteiger partial charge in [0.25, 0.3) is 5.91 Å². The zero-order chi connectivity index (χ0) is 24.2. The van der Waals surface area contributed by atoms with Crippen molar-refractivity contribution < 1.29 is 18.8 Å². The van der Waals surface area contributed by atoms with Crippen LogP contribution in [0.15, 0.2) is 53.1 Å². The van der Waals surface area contributed by atoms with E-state index in [1.54, 1.807) is 13.8 Å². The summed E-state index contributed by atoms with van der Waals surface area (Å²) in [6.07, 6.45) is 2.40. The number of likely N-dealkylation sites (tertiary alicyclic amines) is 1. The monoisotopic (exact) mass is 475 g/mol. The molecule has 1 aromatic heterocycles. The quantitative estimate of drug-likeness (QED) is 0.523. The smallest absolute Gasteiger partial charge is 0.259 e. The van der Waals surface area contributed by atoms with Crippen molar-refractivity contribution in [2.75, 3.05) is 26.2 Å². The molecular weight excluding hydrogens is 442 g/mol. The van der Waals surface area contributed by atoms with Crippen LogP contribution < -0.4 is 4.74 Å². The molecule has 7 heteroatoms. The maximum absolute atomic E-state index is 13.2. The van der Waals surface area contributed by atoms with E-state index < -0.39 is 0 Å². The molecule has 1 fully saturated rings. The third kappa shape index (κ3) is 5.57. The van der Waals surface area contributed by atoms with Gasteiger partial charge >= 0.3 is 0 Å². The highest BCUT2D eigenvalue weighted by atomic mass is 16.5. The van der Waals surface area contributed by atoms with Gasteiger partial charge in [0.2, 0.25) is 0 Å². The van der Waals surface area contributed by atoms with Crippen molar-refractivity contribution in [3.05, 3.63) is 82.2 Å². The van der Waals surface area contributed by atoms with E-state index in [-0.39, 0.29) is 5.91 Å². The summed E-state index contributed by atoms with van der Waals surface area (Å²) in [4.78, 5) is 17.5. The van der Waals surface area contributed by atoms with Crippen molar-refractivity contribution in [1.82, 2.24) is 15.0 Å². The summed E-state index contributed by atoms with van der Waals surface area (Å²) in [5, 5.41) is 3.94. The first kappa shape index (κ1) is 23.6.